The van der Waals surface area contributed by atoms with Crippen LogP contribution in [0.2, 0.25) is 0 Å². The number of rotatable bonds is 5. The first-order valence-corrected chi connectivity index (χ1v) is 6.57. The smallest absolute Gasteiger partial charge is 0.0645 e. The van der Waals surface area contributed by atoms with Crippen molar-refractivity contribution >= 4 is 0 Å². The molecule has 1 N–H and O–H groups in total. The third-order valence-corrected chi connectivity index (χ3v) is 3.64. The number of ether oxygens (including phenoxy) is 1. The van der Waals surface area contributed by atoms with E-state index in [1.165, 1.54) is 6.42 Å². The summed E-state index contributed by atoms with van der Waals surface area (Å²) < 4.78 is 5.56. The first-order valence-electron chi connectivity index (χ1n) is 6.57. The zero-order chi connectivity index (χ0) is 12.2. The van der Waals surface area contributed by atoms with Crippen LogP contribution in [0.4, 0.5) is 0 Å². The van der Waals surface area contributed by atoms with Crippen molar-refractivity contribution in [2.45, 2.75) is 58.7 Å². The van der Waals surface area contributed by atoms with Crippen molar-refractivity contribution < 1.29 is 4.74 Å². The Morgan fingerprint density at radius 1 is 1.38 bits per heavy atom. The predicted octanol–water partition coefficient (Wildman–Crippen LogP) is 1.87. The Morgan fingerprint density at radius 3 is 2.62 bits per heavy atom. The van der Waals surface area contributed by atoms with Crippen LogP contribution in [-0.2, 0) is 4.74 Å². The van der Waals surface area contributed by atoms with Crippen molar-refractivity contribution in [2.24, 2.45) is 0 Å². The lowest BCUT2D eigenvalue weighted by Gasteiger charge is -2.47. The van der Waals surface area contributed by atoms with Gasteiger partial charge in [0.1, 0.15) is 0 Å². The molecule has 1 saturated heterocycles. The van der Waals surface area contributed by atoms with E-state index in [1.54, 1.807) is 0 Å². The Kier molecular flexibility index (Phi) is 5.22. The van der Waals surface area contributed by atoms with E-state index >= 15 is 0 Å². The lowest BCUT2D eigenvalue weighted by molar-refractivity contribution is -0.0737. The Balaban J connectivity index is 2.53. The quantitative estimate of drug-likeness (QED) is 0.777. The molecule has 2 unspecified atom stereocenters. The van der Waals surface area contributed by atoms with E-state index in [0.29, 0.717) is 12.1 Å². The molecule has 0 bridgehead atoms. The van der Waals surface area contributed by atoms with E-state index in [9.17, 15) is 0 Å². The molecule has 0 saturated carbocycles. The first-order chi connectivity index (χ1) is 7.49. The second-order valence-electron chi connectivity index (χ2n) is 5.54. The third-order valence-electron chi connectivity index (χ3n) is 3.64. The van der Waals surface area contributed by atoms with E-state index in [2.05, 4.69) is 44.8 Å². The van der Waals surface area contributed by atoms with Crippen molar-refractivity contribution in [2.75, 3.05) is 26.3 Å². The molecule has 96 valence electrons. The van der Waals surface area contributed by atoms with Crippen LogP contribution < -0.4 is 5.32 Å². The van der Waals surface area contributed by atoms with Crippen LogP contribution in [-0.4, -0.2) is 48.8 Å². The summed E-state index contributed by atoms with van der Waals surface area (Å²) in [5.41, 5.74) is 0.166. The van der Waals surface area contributed by atoms with Gasteiger partial charge in [-0.2, -0.15) is 0 Å². The molecule has 1 aliphatic rings. The van der Waals surface area contributed by atoms with Gasteiger partial charge in [-0.3, -0.25) is 4.90 Å². The molecule has 0 radical (unpaired) electrons. The van der Waals surface area contributed by atoms with Gasteiger partial charge in [-0.05, 0) is 40.7 Å². The van der Waals surface area contributed by atoms with Crippen molar-refractivity contribution in [1.29, 1.82) is 0 Å². The number of hydrogen-bond acceptors (Lipinski definition) is 3. The number of nitrogens with one attached hydrogen (secondary N) is 1. The highest BCUT2D eigenvalue weighted by molar-refractivity contribution is 4.91. The lowest BCUT2D eigenvalue weighted by atomic mass is 9.97. The molecule has 1 heterocycles. The van der Waals surface area contributed by atoms with Crippen LogP contribution in [0.3, 0.4) is 0 Å². The second-order valence-corrected chi connectivity index (χ2v) is 5.54. The maximum absolute atomic E-state index is 5.56. The molecule has 0 spiro atoms. The third kappa shape index (κ3) is 3.44. The van der Waals surface area contributed by atoms with Gasteiger partial charge in [-0.25, -0.2) is 0 Å². The fourth-order valence-corrected chi connectivity index (χ4v) is 2.44. The maximum atomic E-state index is 5.56. The molecule has 3 nitrogen and oxygen atoms in total. The normalized spacial score (nSPS) is 25.3. The van der Waals surface area contributed by atoms with E-state index in [-0.39, 0.29) is 5.54 Å². The average Bonchev–Trinajstić information content (AvgIpc) is 2.24. The van der Waals surface area contributed by atoms with Gasteiger partial charge in [0.15, 0.2) is 0 Å². The molecule has 0 aliphatic carbocycles. The lowest BCUT2D eigenvalue weighted by Crippen LogP contribution is -2.60. The summed E-state index contributed by atoms with van der Waals surface area (Å²) in [6, 6.07) is 1.10. The molecule has 3 heteroatoms. The van der Waals surface area contributed by atoms with E-state index in [1.807, 2.05) is 0 Å². The van der Waals surface area contributed by atoms with Gasteiger partial charge in [-0.1, -0.05) is 6.92 Å². The van der Waals surface area contributed by atoms with Gasteiger partial charge in [0.05, 0.1) is 13.2 Å². The molecule has 2 atom stereocenters. The standard InChI is InChI=1S/C13H28N2O/c1-6-7-14-11(2)12(3)15-8-9-16-10-13(15,4)5/h11-12,14H,6-10H2,1-5H3. The predicted molar refractivity (Wildman–Crippen MR) is 68.8 cm³/mol. The fraction of sp³-hybridized carbons (Fsp3) is 1.00. The zero-order valence-corrected chi connectivity index (χ0v) is 11.5. The van der Waals surface area contributed by atoms with Gasteiger partial charge in [0, 0.05) is 24.2 Å². The van der Waals surface area contributed by atoms with Crippen molar-refractivity contribution in [3.05, 3.63) is 0 Å². The molecule has 0 amide bonds. The van der Waals surface area contributed by atoms with Crippen molar-refractivity contribution in [1.82, 2.24) is 10.2 Å². The number of hydrogen-bond donors (Lipinski definition) is 1. The van der Waals surface area contributed by atoms with Crippen molar-refractivity contribution in [3.63, 3.8) is 0 Å². The zero-order valence-electron chi connectivity index (χ0n) is 11.5. The van der Waals surface area contributed by atoms with Crippen LogP contribution in [0.1, 0.15) is 41.0 Å². The Hall–Kier alpha value is -0.120. The van der Waals surface area contributed by atoms with Crippen LogP contribution in [0, 0.1) is 0 Å². The minimum Gasteiger partial charge on any atom is -0.378 e. The topological polar surface area (TPSA) is 24.5 Å². The van der Waals surface area contributed by atoms with Crippen molar-refractivity contribution in [3.8, 4) is 0 Å². The summed E-state index contributed by atoms with van der Waals surface area (Å²) in [6.45, 7) is 15.2. The highest BCUT2D eigenvalue weighted by Gasteiger charge is 2.35. The van der Waals surface area contributed by atoms with Gasteiger partial charge in [0.25, 0.3) is 0 Å². The molecule has 1 rings (SSSR count). The van der Waals surface area contributed by atoms with Gasteiger partial charge in [-0.15, -0.1) is 0 Å². The SMILES string of the molecule is CCCNC(C)C(C)N1CCOCC1(C)C. The largest absolute Gasteiger partial charge is 0.378 e. The minimum absolute atomic E-state index is 0.166. The second kappa shape index (κ2) is 5.99. The number of morpholine rings is 1. The minimum atomic E-state index is 0.166. The maximum Gasteiger partial charge on any atom is 0.0645 e. The fourth-order valence-electron chi connectivity index (χ4n) is 2.44. The summed E-state index contributed by atoms with van der Waals surface area (Å²) in [4.78, 5) is 2.57. The average molecular weight is 228 g/mol. The highest BCUT2D eigenvalue weighted by Crippen LogP contribution is 2.23. The number of nitrogens with zero attached hydrogens (tertiary/aromatic N) is 1. The van der Waals surface area contributed by atoms with Crippen LogP contribution in [0.25, 0.3) is 0 Å². The summed E-state index contributed by atoms with van der Waals surface area (Å²) in [6.07, 6.45) is 1.20. The summed E-state index contributed by atoms with van der Waals surface area (Å²) in [5.74, 6) is 0. The monoisotopic (exact) mass is 228 g/mol. The Bertz CT molecular complexity index is 206. The van der Waals surface area contributed by atoms with Gasteiger partial charge >= 0.3 is 0 Å². The summed E-state index contributed by atoms with van der Waals surface area (Å²) >= 11 is 0. The molecule has 16 heavy (non-hydrogen) atoms. The molecular weight excluding hydrogens is 200 g/mol. The molecule has 1 aliphatic heterocycles. The van der Waals surface area contributed by atoms with Crippen LogP contribution >= 0.6 is 0 Å². The van der Waals surface area contributed by atoms with E-state index in [4.69, 9.17) is 4.74 Å². The van der Waals surface area contributed by atoms with Gasteiger partial charge < -0.3 is 10.1 Å². The molecule has 0 aromatic heterocycles. The Morgan fingerprint density at radius 2 is 2.06 bits per heavy atom. The molecular formula is C13H28N2O. The van der Waals surface area contributed by atoms with E-state index in [0.717, 1.165) is 26.3 Å². The van der Waals surface area contributed by atoms with Crippen LogP contribution in [0.5, 0.6) is 0 Å². The Labute approximate surface area is 101 Å². The van der Waals surface area contributed by atoms with E-state index < -0.39 is 0 Å². The summed E-state index contributed by atoms with van der Waals surface area (Å²) in [5, 5.41) is 3.58. The van der Waals surface area contributed by atoms with Crippen LogP contribution in [0.15, 0.2) is 0 Å². The van der Waals surface area contributed by atoms with Gasteiger partial charge in [0.2, 0.25) is 0 Å². The summed E-state index contributed by atoms with van der Waals surface area (Å²) in [7, 11) is 0. The highest BCUT2D eigenvalue weighted by atomic mass is 16.5. The molecule has 1 fully saturated rings. The first kappa shape index (κ1) is 13.9. The molecule has 0 aromatic rings. The molecule has 0 aromatic carbocycles.